The molecule has 1 aliphatic heterocycles. The van der Waals surface area contributed by atoms with Crippen LogP contribution in [0.2, 0.25) is 5.02 Å². The summed E-state index contributed by atoms with van der Waals surface area (Å²) >= 11 is 7.84. The third-order valence-electron chi connectivity index (χ3n) is 5.91. The lowest BCUT2D eigenvalue weighted by Crippen LogP contribution is -2.45. The first-order valence-corrected chi connectivity index (χ1v) is 13.3. The molecule has 4 aromatic rings. The van der Waals surface area contributed by atoms with Gasteiger partial charge in [-0.1, -0.05) is 59.8 Å². The van der Waals surface area contributed by atoms with Crippen LogP contribution in [0, 0.1) is 6.92 Å². The summed E-state index contributed by atoms with van der Waals surface area (Å²) in [6.45, 7) is 3.63. The van der Waals surface area contributed by atoms with Crippen molar-refractivity contribution in [2.24, 2.45) is 10.2 Å². The van der Waals surface area contributed by atoms with E-state index in [0.29, 0.717) is 33.1 Å². The van der Waals surface area contributed by atoms with Crippen molar-refractivity contribution in [2.75, 3.05) is 10.7 Å². The van der Waals surface area contributed by atoms with Crippen LogP contribution < -0.4 is 9.64 Å². The van der Waals surface area contributed by atoms with E-state index >= 15 is 0 Å². The summed E-state index contributed by atoms with van der Waals surface area (Å²) in [6, 6.07) is 18.2. The number of halogens is 4. The summed E-state index contributed by atoms with van der Waals surface area (Å²) in [6.07, 6.45) is -1.68. The van der Waals surface area contributed by atoms with Gasteiger partial charge in [-0.3, -0.25) is 4.90 Å². The normalized spacial score (nSPS) is 18.7. The first kappa shape index (κ1) is 27.7. The fourth-order valence-corrected chi connectivity index (χ4v) is 5.40. The van der Waals surface area contributed by atoms with Gasteiger partial charge < -0.3 is 9.84 Å². The van der Waals surface area contributed by atoms with E-state index in [2.05, 4.69) is 25.0 Å². The third kappa shape index (κ3) is 6.14. The van der Waals surface area contributed by atoms with Crippen LogP contribution in [0.5, 0.6) is 5.75 Å². The van der Waals surface area contributed by atoms with Crippen LogP contribution in [-0.2, 0) is 0 Å². The van der Waals surface area contributed by atoms with Gasteiger partial charge in [0.05, 0.1) is 22.6 Å². The molecule has 1 fully saturated rings. The van der Waals surface area contributed by atoms with Crippen molar-refractivity contribution >= 4 is 40.4 Å². The molecule has 0 amide bonds. The van der Waals surface area contributed by atoms with Crippen molar-refractivity contribution in [3.63, 3.8) is 0 Å². The van der Waals surface area contributed by atoms with Gasteiger partial charge in [-0.2, -0.15) is 5.10 Å². The van der Waals surface area contributed by atoms with Crippen LogP contribution in [0.3, 0.4) is 0 Å². The number of hydrogen-bond donors (Lipinski definition) is 1. The Morgan fingerprint density at radius 1 is 1.10 bits per heavy atom. The summed E-state index contributed by atoms with van der Waals surface area (Å²) < 4.78 is 42.5. The molecule has 1 unspecified atom stereocenters. The molecule has 3 aromatic carbocycles. The van der Waals surface area contributed by atoms with Gasteiger partial charge in [-0.05, 0) is 55.3 Å². The number of para-hydroxylation sites is 1. The smallest absolute Gasteiger partial charge is 0.406 e. The largest absolute Gasteiger partial charge is 0.573 e. The summed E-state index contributed by atoms with van der Waals surface area (Å²) in [7, 11) is 0. The summed E-state index contributed by atoms with van der Waals surface area (Å²) in [5.41, 5.74) is 2.47. The van der Waals surface area contributed by atoms with Crippen LogP contribution >= 0.6 is 23.4 Å². The second kappa shape index (κ2) is 11.0. The standard InChI is InChI=1S/C27H22ClF3N6O2S/c1-17-4-3-5-22(28)23(17)37-25(40-15-26(37,2)38)34-33-14-18-6-8-19(9-7-18)24-32-16-36(35-24)20-10-12-21(13-11-20)39-27(29,30)31/h3-14,16,38H,15H2,1-2H3/b33-14+,34-25-. The van der Waals surface area contributed by atoms with E-state index in [1.165, 1.54) is 47.0 Å². The number of amidine groups is 1. The van der Waals surface area contributed by atoms with E-state index in [9.17, 15) is 18.3 Å². The number of benzene rings is 3. The lowest BCUT2D eigenvalue weighted by atomic mass is 10.1. The fraction of sp³-hybridized carbons (Fsp3) is 0.185. The van der Waals surface area contributed by atoms with E-state index in [1.807, 2.05) is 43.3 Å². The van der Waals surface area contributed by atoms with Gasteiger partial charge >= 0.3 is 6.36 Å². The monoisotopic (exact) mass is 586 g/mol. The van der Waals surface area contributed by atoms with Crippen LogP contribution in [0.15, 0.2) is 83.3 Å². The molecule has 5 rings (SSSR count). The Bertz CT molecular complexity index is 1550. The third-order valence-corrected chi connectivity index (χ3v) is 7.42. The second-order valence-electron chi connectivity index (χ2n) is 9.05. The minimum Gasteiger partial charge on any atom is -0.406 e. The van der Waals surface area contributed by atoms with Crippen molar-refractivity contribution in [2.45, 2.75) is 25.9 Å². The molecule has 0 spiro atoms. The molecule has 13 heteroatoms. The number of nitrogens with zero attached hydrogens (tertiary/aromatic N) is 6. The Morgan fingerprint density at radius 2 is 1.82 bits per heavy atom. The first-order chi connectivity index (χ1) is 19.0. The van der Waals surface area contributed by atoms with Crippen molar-refractivity contribution in [1.29, 1.82) is 0 Å². The van der Waals surface area contributed by atoms with E-state index in [0.717, 1.165) is 16.7 Å². The Labute approximate surface area is 236 Å². The van der Waals surface area contributed by atoms with E-state index < -0.39 is 12.1 Å². The van der Waals surface area contributed by atoms with E-state index in [1.54, 1.807) is 24.1 Å². The van der Waals surface area contributed by atoms with Gasteiger partial charge in [-0.25, -0.2) is 9.67 Å². The number of rotatable bonds is 6. The van der Waals surface area contributed by atoms with Crippen molar-refractivity contribution in [1.82, 2.24) is 14.8 Å². The molecule has 1 aromatic heterocycles. The molecular formula is C27H22ClF3N6O2S. The maximum Gasteiger partial charge on any atom is 0.573 e. The highest BCUT2D eigenvalue weighted by Crippen LogP contribution is 2.41. The highest BCUT2D eigenvalue weighted by Gasteiger charge is 2.42. The molecule has 8 nitrogen and oxygen atoms in total. The number of alkyl halides is 3. The number of hydrogen-bond acceptors (Lipinski definition) is 7. The minimum atomic E-state index is -4.75. The molecule has 0 saturated carbocycles. The average Bonchev–Trinajstić information content (AvgIpc) is 3.49. The topological polar surface area (TPSA) is 88.1 Å². The summed E-state index contributed by atoms with van der Waals surface area (Å²) in [5, 5.41) is 25.0. The second-order valence-corrected chi connectivity index (χ2v) is 10.4. The quantitative estimate of drug-likeness (QED) is 0.206. The van der Waals surface area contributed by atoms with Crippen LogP contribution in [0.4, 0.5) is 18.9 Å². The van der Waals surface area contributed by atoms with Crippen LogP contribution in [0.1, 0.15) is 18.1 Å². The van der Waals surface area contributed by atoms with E-state index in [4.69, 9.17) is 11.6 Å². The zero-order valence-corrected chi connectivity index (χ0v) is 22.7. The molecule has 1 saturated heterocycles. The zero-order valence-electron chi connectivity index (χ0n) is 21.2. The maximum atomic E-state index is 12.4. The maximum absolute atomic E-state index is 12.4. The van der Waals surface area contributed by atoms with Gasteiger partial charge in [-0.15, -0.1) is 23.4 Å². The number of aryl methyl sites for hydroxylation is 1. The number of ether oxygens (including phenoxy) is 1. The van der Waals surface area contributed by atoms with Gasteiger partial charge in [0.1, 0.15) is 12.1 Å². The fourth-order valence-electron chi connectivity index (χ4n) is 4.04. The van der Waals surface area contributed by atoms with Crippen LogP contribution in [0.25, 0.3) is 17.1 Å². The number of thioether (sulfide) groups is 1. The van der Waals surface area contributed by atoms with Gasteiger partial charge in [0.25, 0.3) is 0 Å². The average molecular weight is 587 g/mol. The van der Waals surface area contributed by atoms with Gasteiger partial charge in [0.15, 0.2) is 16.7 Å². The summed E-state index contributed by atoms with van der Waals surface area (Å²) in [5.74, 6) is 0.531. The molecular weight excluding hydrogens is 565 g/mol. The molecule has 40 heavy (non-hydrogen) atoms. The molecule has 0 radical (unpaired) electrons. The van der Waals surface area contributed by atoms with Crippen LogP contribution in [-0.4, -0.2) is 49.1 Å². The number of aliphatic hydroxyl groups is 1. The summed E-state index contributed by atoms with van der Waals surface area (Å²) in [4.78, 5) is 6.00. The van der Waals surface area contributed by atoms with E-state index in [-0.39, 0.29) is 5.75 Å². The SMILES string of the molecule is Cc1cccc(Cl)c1N1/C(=N/N=C/c2ccc(-c3ncn(-c4ccc(OC(F)(F)F)cc4)n3)cc2)SCC1(C)O. The lowest BCUT2D eigenvalue weighted by Gasteiger charge is -2.32. The molecule has 0 bridgehead atoms. The predicted molar refractivity (Wildman–Crippen MR) is 150 cm³/mol. The Balaban J connectivity index is 1.29. The molecule has 0 aliphatic carbocycles. The number of aromatic nitrogens is 3. The minimum absolute atomic E-state index is 0.317. The van der Waals surface area contributed by atoms with Crippen molar-refractivity contribution in [3.8, 4) is 22.8 Å². The van der Waals surface area contributed by atoms with Gasteiger partial charge in [0, 0.05) is 11.3 Å². The Hall–Kier alpha value is -3.87. The van der Waals surface area contributed by atoms with Gasteiger partial charge in [0.2, 0.25) is 0 Å². The molecule has 1 N–H and O–H groups in total. The molecule has 1 aliphatic rings. The van der Waals surface area contributed by atoms with Crippen molar-refractivity contribution in [3.05, 3.63) is 89.2 Å². The van der Waals surface area contributed by atoms with Crippen molar-refractivity contribution < 1.29 is 23.0 Å². The Morgan fingerprint density at radius 3 is 2.50 bits per heavy atom. The lowest BCUT2D eigenvalue weighted by molar-refractivity contribution is -0.274. The predicted octanol–water partition coefficient (Wildman–Crippen LogP) is 6.45. The molecule has 2 heterocycles. The first-order valence-electron chi connectivity index (χ1n) is 11.9. The number of anilines is 1. The highest BCUT2D eigenvalue weighted by atomic mass is 35.5. The zero-order chi connectivity index (χ0) is 28.5. The Kier molecular flexibility index (Phi) is 7.58. The molecule has 206 valence electrons. The highest BCUT2D eigenvalue weighted by molar-refractivity contribution is 8.14. The molecule has 1 atom stereocenters.